The summed E-state index contributed by atoms with van der Waals surface area (Å²) in [5.41, 5.74) is -0.361. The van der Waals surface area contributed by atoms with Crippen LogP contribution >= 0.6 is 0 Å². The van der Waals surface area contributed by atoms with Gasteiger partial charge in [0.05, 0.1) is 5.60 Å². The fraction of sp³-hybridized carbons (Fsp3) is 1.00. The molecule has 0 aromatic carbocycles. The lowest BCUT2D eigenvalue weighted by Crippen LogP contribution is -2.56. The Hall–Kier alpha value is -0.290. The molecule has 4 aliphatic carbocycles. The Morgan fingerprint density at radius 1 is 0.862 bits per heavy atom. The van der Waals surface area contributed by atoms with Crippen molar-refractivity contribution in [2.75, 3.05) is 0 Å². The van der Waals surface area contributed by atoms with Crippen LogP contribution in [0, 0.1) is 46.3 Å². The van der Waals surface area contributed by atoms with Crippen LogP contribution in [0.4, 0.5) is 13.2 Å². The Morgan fingerprint density at radius 2 is 1.52 bits per heavy atom. The van der Waals surface area contributed by atoms with Gasteiger partial charge in [-0.3, -0.25) is 0 Å². The van der Waals surface area contributed by atoms with Gasteiger partial charge in [-0.05, 0) is 111 Å². The van der Waals surface area contributed by atoms with E-state index in [0.717, 1.165) is 57.8 Å². The number of aliphatic hydroxyl groups is 2. The third-order valence-corrected chi connectivity index (χ3v) is 10.5. The molecular weight excluding hydrogens is 377 g/mol. The molecule has 0 radical (unpaired) electrons. The van der Waals surface area contributed by atoms with E-state index in [4.69, 9.17) is 0 Å². The fourth-order valence-corrected chi connectivity index (χ4v) is 8.85. The van der Waals surface area contributed by atoms with Crippen molar-refractivity contribution in [3.63, 3.8) is 0 Å². The summed E-state index contributed by atoms with van der Waals surface area (Å²) in [6.45, 7) is 8.26. The zero-order chi connectivity index (χ0) is 21.4. The highest BCUT2D eigenvalue weighted by molar-refractivity contribution is 5.11. The summed E-state index contributed by atoms with van der Waals surface area (Å²) >= 11 is 0. The second kappa shape index (κ2) is 6.85. The van der Waals surface area contributed by atoms with Gasteiger partial charge in [-0.25, -0.2) is 0 Å². The van der Waals surface area contributed by atoms with Gasteiger partial charge in [0.15, 0.2) is 6.10 Å². The number of hydrogen-bond acceptors (Lipinski definition) is 2. The molecule has 5 heteroatoms. The second-order valence-corrected chi connectivity index (χ2v) is 11.9. The maximum Gasteiger partial charge on any atom is 0.414 e. The lowest BCUT2D eigenvalue weighted by Gasteiger charge is -2.62. The molecule has 10 atom stereocenters. The molecule has 0 bridgehead atoms. The van der Waals surface area contributed by atoms with Gasteiger partial charge in [-0.15, -0.1) is 0 Å². The molecule has 0 aliphatic heterocycles. The van der Waals surface area contributed by atoms with Crippen LogP contribution in [0.15, 0.2) is 0 Å². The third kappa shape index (κ3) is 3.37. The van der Waals surface area contributed by atoms with Gasteiger partial charge in [-0.2, -0.15) is 13.2 Å². The summed E-state index contributed by atoms with van der Waals surface area (Å²) in [5, 5.41) is 20.6. The predicted molar refractivity (Wildman–Crippen MR) is 107 cm³/mol. The topological polar surface area (TPSA) is 40.5 Å². The molecule has 0 saturated heterocycles. The maximum atomic E-state index is 13.2. The molecule has 168 valence electrons. The van der Waals surface area contributed by atoms with E-state index in [9.17, 15) is 23.4 Å². The first kappa shape index (κ1) is 21.9. The summed E-state index contributed by atoms with van der Waals surface area (Å²) in [7, 11) is 0. The zero-order valence-electron chi connectivity index (χ0n) is 18.4. The van der Waals surface area contributed by atoms with Crippen LogP contribution in [0.5, 0.6) is 0 Å². The Bertz CT molecular complexity index is 632. The molecule has 4 fully saturated rings. The van der Waals surface area contributed by atoms with Gasteiger partial charge in [0.2, 0.25) is 0 Å². The maximum absolute atomic E-state index is 13.2. The number of hydrogen-bond donors (Lipinski definition) is 2. The van der Waals surface area contributed by atoms with E-state index in [2.05, 4.69) is 13.8 Å². The Labute approximate surface area is 173 Å². The number of fused-ring (bicyclic) bond motifs is 5. The summed E-state index contributed by atoms with van der Waals surface area (Å²) < 4.78 is 39.6. The Balaban J connectivity index is 1.55. The minimum Gasteiger partial charge on any atom is -0.390 e. The van der Waals surface area contributed by atoms with E-state index < -0.39 is 23.8 Å². The Kier molecular flexibility index (Phi) is 5.18. The fourth-order valence-electron chi connectivity index (χ4n) is 8.85. The number of aliphatic hydroxyl groups excluding tert-OH is 1. The molecular formula is C24H39F3O2. The third-order valence-electron chi connectivity index (χ3n) is 10.5. The van der Waals surface area contributed by atoms with E-state index in [1.165, 1.54) is 0 Å². The van der Waals surface area contributed by atoms with Crippen LogP contribution < -0.4 is 0 Å². The zero-order valence-corrected chi connectivity index (χ0v) is 18.4. The standard InChI is InChI=1S/C24H39F3O2/c1-14(20(28)24(25,26)27)17-7-8-18-16-6-5-15-13-21(2,29)11-12-22(15,3)19(16)9-10-23(17,18)4/h14-20,28-29H,5-13H2,1-4H3/t14-,15+,16-,17+,18-,19-,20+,21-,22-,23+/m0/s1. The SMILES string of the molecule is C[C@H]([C@@H](O)C(F)(F)F)[C@H]1CC[C@H]2[C@@H]3CC[C@@H]4C[C@@](C)(O)CC[C@]4(C)[C@H]3CC[C@]12C. The lowest BCUT2D eigenvalue weighted by molar-refractivity contribution is -0.228. The Morgan fingerprint density at radius 3 is 2.17 bits per heavy atom. The molecule has 2 nitrogen and oxygen atoms in total. The minimum atomic E-state index is -4.53. The first-order valence-corrected chi connectivity index (χ1v) is 11.8. The van der Waals surface area contributed by atoms with Crippen molar-refractivity contribution in [1.82, 2.24) is 0 Å². The van der Waals surface area contributed by atoms with Crippen molar-refractivity contribution in [3.8, 4) is 0 Å². The number of alkyl halides is 3. The van der Waals surface area contributed by atoms with Crippen molar-refractivity contribution >= 4 is 0 Å². The molecule has 0 heterocycles. The van der Waals surface area contributed by atoms with Crippen LogP contribution in [-0.2, 0) is 0 Å². The average Bonchev–Trinajstić information content (AvgIpc) is 2.97. The second-order valence-electron chi connectivity index (χ2n) is 11.9. The molecule has 4 aliphatic rings. The lowest BCUT2D eigenvalue weighted by atomic mass is 9.43. The number of halogens is 3. The van der Waals surface area contributed by atoms with Crippen LogP contribution in [0.25, 0.3) is 0 Å². The van der Waals surface area contributed by atoms with Crippen molar-refractivity contribution in [1.29, 1.82) is 0 Å². The first-order valence-electron chi connectivity index (χ1n) is 11.8. The molecule has 2 N–H and O–H groups in total. The van der Waals surface area contributed by atoms with Crippen LogP contribution in [0.3, 0.4) is 0 Å². The highest BCUT2D eigenvalue weighted by Crippen LogP contribution is 2.69. The summed E-state index contributed by atoms with van der Waals surface area (Å²) in [6.07, 6.45) is 2.29. The molecule has 29 heavy (non-hydrogen) atoms. The number of rotatable bonds is 2. The van der Waals surface area contributed by atoms with Crippen molar-refractivity contribution < 1.29 is 23.4 Å². The average molecular weight is 417 g/mol. The first-order chi connectivity index (χ1) is 13.3. The summed E-state index contributed by atoms with van der Waals surface area (Å²) in [5.74, 6) is 1.49. The van der Waals surface area contributed by atoms with E-state index in [-0.39, 0.29) is 16.7 Å². The van der Waals surface area contributed by atoms with Gasteiger partial charge < -0.3 is 10.2 Å². The van der Waals surface area contributed by atoms with Gasteiger partial charge in [-0.1, -0.05) is 20.8 Å². The molecule has 4 saturated carbocycles. The van der Waals surface area contributed by atoms with Gasteiger partial charge >= 0.3 is 6.18 Å². The highest BCUT2D eigenvalue weighted by atomic mass is 19.4. The molecule has 0 unspecified atom stereocenters. The quantitative estimate of drug-likeness (QED) is 0.583. The van der Waals surface area contributed by atoms with Crippen LogP contribution in [0.1, 0.15) is 85.5 Å². The van der Waals surface area contributed by atoms with E-state index in [1.807, 2.05) is 6.92 Å². The van der Waals surface area contributed by atoms with E-state index in [0.29, 0.717) is 23.7 Å². The largest absolute Gasteiger partial charge is 0.414 e. The molecule has 0 spiro atoms. The van der Waals surface area contributed by atoms with Gasteiger partial charge in [0.1, 0.15) is 0 Å². The minimum absolute atomic E-state index is 0.0531. The van der Waals surface area contributed by atoms with Crippen molar-refractivity contribution in [2.45, 2.75) is 103 Å². The predicted octanol–water partition coefficient (Wildman–Crippen LogP) is 5.96. The monoisotopic (exact) mass is 416 g/mol. The van der Waals surface area contributed by atoms with Crippen LogP contribution in [-0.4, -0.2) is 28.1 Å². The van der Waals surface area contributed by atoms with Gasteiger partial charge in [0.25, 0.3) is 0 Å². The van der Waals surface area contributed by atoms with Crippen molar-refractivity contribution in [2.24, 2.45) is 46.3 Å². The molecule has 0 aromatic heterocycles. The normalized spacial score (nSPS) is 52.2. The smallest absolute Gasteiger partial charge is 0.390 e. The molecule has 4 rings (SSSR count). The van der Waals surface area contributed by atoms with Crippen molar-refractivity contribution in [3.05, 3.63) is 0 Å². The van der Waals surface area contributed by atoms with E-state index >= 15 is 0 Å². The summed E-state index contributed by atoms with van der Waals surface area (Å²) in [6, 6.07) is 0. The van der Waals surface area contributed by atoms with Gasteiger partial charge in [0, 0.05) is 0 Å². The van der Waals surface area contributed by atoms with E-state index in [1.54, 1.807) is 6.92 Å². The molecule has 0 amide bonds. The molecule has 0 aromatic rings. The van der Waals surface area contributed by atoms with Crippen LogP contribution in [0.2, 0.25) is 0 Å². The highest BCUT2D eigenvalue weighted by Gasteiger charge is 2.62. The summed E-state index contributed by atoms with van der Waals surface area (Å²) in [4.78, 5) is 0.